The predicted molar refractivity (Wildman–Crippen MR) is 74.3 cm³/mol. The number of allylic oxidation sites excluding steroid dienone is 1. The second kappa shape index (κ2) is 5.22. The topological polar surface area (TPSA) is 15.6 Å². The molecule has 0 radical (unpaired) electrons. The number of nitrogens with zero attached hydrogens (tertiary/aromatic N) is 2. The highest BCUT2D eigenvalue weighted by Crippen LogP contribution is 2.25. The fourth-order valence-corrected chi connectivity index (χ4v) is 1.74. The summed E-state index contributed by atoms with van der Waals surface area (Å²) in [6, 6.07) is 0. The van der Waals surface area contributed by atoms with E-state index in [4.69, 9.17) is 11.6 Å². The van der Waals surface area contributed by atoms with Crippen LogP contribution in [0.5, 0.6) is 0 Å². The van der Waals surface area contributed by atoms with Gasteiger partial charge in [-0.15, -0.1) is 0 Å². The van der Waals surface area contributed by atoms with E-state index in [1.165, 1.54) is 0 Å². The van der Waals surface area contributed by atoms with E-state index in [9.17, 15) is 0 Å². The van der Waals surface area contributed by atoms with Crippen molar-refractivity contribution in [1.29, 1.82) is 0 Å². The first-order valence-electron chi connectivity index (χ1n) is 5.58. The first-order chi connectivity index (χ1) is 7.00. The van der Waals surface area contributed by atoms with Crippen LogP contribution in [0.1, 0.15) is 41.5 Å². The van der Waals surface area contributed by atoms with Crippen molar-refractivity contribution in [1.82, 2.24) is 4.90 Å². The van der Waals surface area contributed by atoms with Crippen molar-refractivity contribution in [3.8, 4) is 0 Å². The SMILES string of the molecule is C/N=C(\C(Cl)=C/N(C)C(C)(C)C)C(C)(C)C. The minimum absolute atomic E-state index is 0.0267. The molecule has 0 aliphatic carbocycles. The molecule has 0 saturated heterocycles. The normalized spacial score (nSPS) is 15.3. The molecule has 0 rings (SSSR count). The van der Waals surface area contributed by atoms with E-state index in [1.54, 1.807) is 7.05 Å². The van der Waals surface area contributed by atoms with Crippen molar-refractivity contribution in [2.24, 2.45) is 10.4 Å². The van der Waals surface area contributed by atoms with Crippen molar-refractivity contribution in [2.45, 2.75) is 47.1 Å². The standard InChI is InChI=1S/C13H25ClN2/c1-12(2,3)11(15-7)10(14)9-16(8)13(4,5)6/h9H,1-8H3/b10-9+,15-11+. The minimum atomic E-state index is -0.0267. The van der Waals surface area contributed by atoms with Gasteiger partial charge in [0.2, 0.25) is 0 Å². The summed E-state index contributed by atoms with van der Waals surface area (Å²) in [5, 5.41) is 0.715. The summed E-state index contributed by atoms with van der Waals surface area (Å²) < 4.78 is 0. The van der Waals surface area contributed by atoms with Crippen LogP contribution in [0.4, 0.5) is 0 Å². The number of aliphatic imine (C=N–C) groups is 1. The largest absolute Gasteiger partial charge is 0.374 e. The molecule has 0 heterocycles. The second-order valence-corrected chi connectivity index (χ2v) is 6.49. The first kappa shape index (κ1) is 15.5. The van der Waals surface area contributed by atoms with E-state index >= 15 is 0 Å². The number of hydrogen-bond acceptors (Lipinski definition) is 2. The number of halogens is 1. The molecule has 0 amide bonds. The van der Waals surface area contributed by atoms with Crippen LogP contribution in [0, 0.1) is 5.41 Å². The fourth-order valence-electron chi connectivity index (χ4n) is 1.23. The summed E-state index contributed by atoms with van der Waals surface area (Å²) in [5.74, 6) is 0. The Kier molecular flexibility index (Phi) is 5.06. The van der Waals surface area contributed by atoms with Gasteiger partial charge in [0.1, 0.15) is 0 Å². The average molecular weight is 245 g/mol. The third-order valence-electron chi connectivity index (χ3n) is 2.53. The molecule has 0 saturated carbocycles. The van der Waals surface area contributed by atoms with Crippen LogP contribution >= 0.6 is 11.6 Å². The maximum absolute atomic E-state index is 6.32. The van der Waals surface area contributed by atoms with Crippen LogP contribution in [0.15, 0.2) is 16.2 Å². The monoisotopic (exact) mass is 244 g/mol. The van der Waals surface area contributed by atoms with Gasteiger partial charge in [-0.05, 0) is 20.8 Å². The summed E-state index contributed by atoms with van der Waals surface area (Å²) in [6.45, 7) is 12.8. The Labute approximate surface area is 105 Å². The van der Waals surface area contributed by atoms with Gasteiger partial charge in [-0.25, -0.2) is 0 Å². The minimum Gasteiger partial charge on any atom is -0.374 e. The summed E-state index contributed by atoms with van der Waals surface area (Å²) >= 11 is 6.32. The van der Waals surface area contributed by atoms with E-state index in [1.807, 2.05) is 13.2 Å². The fraction of sp³-hybridized carbons (Fsp3) is 0.769. The number of rotatable bonds is 2. The summed E-state index contributed by atoms with van der Waals surface area (Å²) in [6.07, 6.45) is 1.95. The zero-order chi connectivity index (χ0) is 13.1. The molecule has 0 fully saturated rings. The third kappa shape index (κ3) is 4.56. The molecule has 0 spiro atoms. The summed E-state index contributed by atoms with van der Waals surface area (Å²) in [5.41, 5.74) is 0.975. The maximum atomic E-state index is 6.32. The molecule has 2 nitrogen and oxygen atoms in total. The lowest BCUT2D eigenvalue weighted by Gasteiger charge is -2.32. The molecule has 0 unspecified atom stereocenters. The molecule has 0 aliphatic heterocycles. The van der Waals surface area contributed by atoms with Gasteiger partial charge in [-0.1, -0.05) is 32.4 Å². The lowest BCUT2D eigenvalue weighted by Crippen LogP contribution is -2.34. The smallest absolute Gasteiger partial charge is 0.0780 e. The lowest BCUT2D eigenvalue weighted by molar-refractivity contribution is 0.249. The van der Waals surface area contributed by atoms with E-state index in [0.717, 1.165) is 5.71 Å². The molecular formula is C13H25ClN2. The van der Waals surface area contributed by atoms with E-state index in [0.29, 0.717) is 5.03 Å². The average Bonchev–Trinajstić information content (AvgIpc) is 2.00. The van der Waals surface area contributed by atoms with Crippen LogP contribution in [-0.4, -0.2) is 30.2 Å². The highest BCUT2D eigenvalue weighted by molar-refractivity contribution is 6.44. The Morgan fingerprint density at radius 3 is 1.81 bits per heavy atom. The van der Waals surface area contributed by atoms with Crippen LogP contribution in [-0.2, 0) is 0 Å². The van der Waals surface area contributed by atoms with Gasteiger partial charge < -0.3 is 4.90 Å². The Morgan fingerprint density at radius 2 is 1.56 bits per heavy atom. The van der Waals surface area contributed by atoms with Crippen LogP contribution in [0.25, 0.3) is 0 Å². The van der Waals surface area contributed by atoms with Gasteiger partial charge in [0.05, 0.1) is 10.7 Å². The Bertz CT molecular complexity index is 290. The van der Waals surface area contributed by atoms with Gasteiger partial charge in [0, 0.05) is 31.2 Å². The molecule has 16 heavy (non-hydrogen) atoms. The van der Waals surface area contributed by atoms with Crippen LogP contribution in [0.3, 0.4) is 0 Å². The lowest BCUT2D eigenvalue weighted by atomic mass is 9.89. The molecule has 0 bridgehead atoms. The van der Waals surface area contributed by atoms with Crippen LogP contribution < -0.4 is 0 Å². The molecule has 94 valence electrons. The van der Waals surface area contributed by atoms with Crippen molar-refractivity contribution in [3.05, 3.63) is 11.2 Å². The van der Waals surface area contributed by atoms with Crippen molar-refractivity contribution in [3.63, 3.8) is 0 Å². The third-order valence-corrected chi connectivity index (χ3v) is 2.80. The highest BCUT2D eigenvalue weighted by atomic mass is 35.5. The molecule has 0 aromatic carbocycles. The summed E-state index contributed by atoms with van der Waals surface area (Å²) in [7, 11) is 3.81. The number of hydrogen-bond donors (Lipinski definition) is 0. The second-order valence-electron chi connectivity index (χ2n) is 6.08. The molecule has 0 aromatic heterocycles. The Morgan fingerprint density at radius 1 is 1.12 bits per heavy atom. The molecule has 0 aliphatic rings. The Balaban J connectivity index is 5.06. The Hall–Kier alpha value is -0.500. The molecule has 0 atom stereocenters. The van der Waals surface area contributed by atoms with Crippen molar-refractivity contribution < 1.29 is 0 Å². The first-order valence-corrected chi connectivity index (χ1v) is 5.96. The van der Waals surface area contributed by atoms with E-state index in [-0.39, 0.29) is 11.0 Å². The highest BCUT2D eigenvalue weighted by Gasteiger charge is 2.22. The quantitative estimate of drug-likeness (QED) is 0.673. The van der Waals surface area contributed by atoms with Gasteiger partial charge in [0.25, 0.3) is 0 Å². The molecule has 0 N–H and O–H groups in total. The molecule has 3 heteroatoms. The predicted octanol–water partition coefficient (Wildman–Crippen LogP) is 3.91. The van der Waals surface area contributed by atoms with Crippen LogP contribution in [0.2, 0.25) is 0 Å². The summed E-state index contributed by atoms with van der Waals surface area (Å²) in [4.78, 5) is 6.39. The molecular weight excluding hydrogens is 220 g/mol. The molecule has 0 aromatic rings. The van der Waals surface area contributed by atoms with E-state index < -0.39 is 0 Å². The zero-order valence-corrected chi connectivity index (χ0v) is 12.6. The van der Waals surface area contributed by atoms with Crippen molar-refractivity contribution >= 4 is 17.3 Å². The van der Waals surface area contributed by atoms with Gasteiger partial charge in [-0.2, -0.15) is 0 Å². The van der Waals surface area contributed by atoms with Crippen molar-refractivity contribution in [2.75, 3.05) is 14.1 Å². The van der Waals surface area contributed by atoms with E-state index in [2.05, 4.69) is 51.4 Å². The van der Waals surface area contributed by atoms with Gasteiger partial charge in [-0.3, -0.25) is 4.99 Å². The van der Waals surface area contributed by atoms with Gasteiger partial charge >= 0.3 is 0 Å². The zero-order valence-electron chi connectivity index (χ0n) is 11.8. The van der Waals surface area contributed by atoms with Gasteiger partial charge in [0.15, 0.2) is 0 Å². The maximum Gasteiger partial charge on any atom is 0.0780 e.